The van der Waals surface area contributed by atoms with Crippen LogP contribution in [0.4, 0.5) is 17.3 Å². The Morgan fingerprint density at radius 1 is 1.07 bits per heavy atom. The maximum Gasteiger partial charge on any atom is 0.258 e. The summed E-state index contributed by atoms with van der Waals surface area (Å²) in [5.41, 5.74) is 3.51. The average molecular weight is 382 g/mol. The fraction of sp³-hybridized carbons (Fsp3) is 0.500. The van der Waals surface area contributed by atoms with Crippen molar-refractivity contribution in [2.24, 2.45) is 0 Å². The predicted molar refractivity (Wildman–Crippen MR) is 115 cm³/mol. The standard InChI is InChI=1S/C22H31N5O/c1-4-26(5-2)19-10-11-20(17(3)14-19)25-21(28)18-15-23-22(24-16-18)27-12-8-6-7-9-13-27/h10-11,14-16H,4-9,12-13H2,1-3H3,(H,25,28). The number of hydrogen-bond acceptors (Lipinski definition) is 5. The van der Waals surface area contributed by atoms with Crippen molar-refractivity contribution in [1.82, 2.24) is 9.97 Å². The Balaban J connectivity index is 1.67. The number of nitrogens with zero attached hydrogens (tertiary/aromatic N) is 4. The highest BCUT2D eigenvalue weighted by Crippen LogP contribution is 2.23. The summed E-state index contributed by atoms with van der Waals surface area (Å²) in [5.74, 6) is 0.541. The fourth-order valence-corrected chi connectivity index (χ4v) is 3.64. The summed E-state index contributed by atoms with van der Waals surface area (Å²) in [6.07, 6.45) is 8.14. The van der Waals surface area contributed by atoms with E-state index in [0.29, 0.717) is 5.56 Å². The number of hydrogen-bond donors (Lipinski definition) is 1. The van der Waals surface area contributed by atoms with Gasteiger partial charge in [0.05, 0.1) is 5.56 Å². The first-order valence-corrected chi connectivity index (χ1v) is 10.4. The van der Waals surface area contributed by atoms with Gasteiger partial charge in [0.15, 0.2) is 0 Å². The molecule has 6 heteroatoms. The van der Waals surface area contributed by atoms with Gasteiger partial charge in [-0.1, -0.05) is 12.8 Å². The molecule has 1 fully saturated rings. The number of nitrogens with one attached hydrogen (secondary N) is 1. The van der Waals surface area contributed by atoms with E-state index in [-0.39, 0.29) is 5.91 Å². The van der Waals surface area contributed by atoms with Gasteiger partial charge in [0.25, 0.3) is 5.91 Å². The van der Waals surface area contributed by atoms with E-state index < -0.39 is 0 Å². The van der Waals surface area contributed by atoms with E-state index in [0.717, 1.165) is 43.4 Å². The van der Waals surface area contributed by atoms with Crippen molar-refractivity contribution in [3.63, 3.8) is 0 Å². The number of carbonyl (C=O) groups excluding carboxylic acids is 1. The molecular formula is C22H31N5O. The minimum absolute atomic E-state index is 0.180. The van der Waals surface area contributed by atoms with Crippen LogP contribution in [0.2, 0.25) is 0 Å². The first-order valence-electron chi connectivity index (χ1n) is 10.4. The van der Waals surface area contributed by atoms with Gasteiger partial charge in [0.1, 0.15) is 0 Å². The van der Waals surface area contributed by atoms with Crippen molar-refractivity contribution in [3.8, 4) is 0 Å². The van der Waals surface area contributed by atoms with Gasteiger partial charge in [-0.05, 0) is 57.4 Å². The number of aryl methyl sites for hydroxylation is 1. The van der Waals surface area contributed by atoms with Gasteiger partial charge in [0.2, 0.25) is 5.95 Å². The molecule has 6 nitrogen and oxygen atoms in total. The zero-order valence-corrected chi connectivity index (χ0v) is 17.2. The van der Waals surface area contributed by atoms with E-state index in [1.165, 1.54) is 31.4 Å². The summed E-state index contributed by atoms with van der Waals surface area (Å²) in [6, 6.07) is 6.13. The number of carbonyl (C=O) groups is 1. The lowest BCUT2D eigenvalue weighted by molar-refractivity contribution is 0.102. The highest BCUT2D eigenvalue weighted by molar-refractivity contribution is 6.04. The number of aromatic nitrogens is 2. The van der Waals surface area contributed by atoms with Crippen LogP contribution in [0, 0.1) is 6.92 Å². The van der Waals surface area contributed by atoms with Gasteiger partial charge in [-0.25, -0.2) is 9.97 Å². The van der Waals surface area contributed by atoms with Crippen LogP contribution in [0.25, 0.3) is 0 Å². The van der Waals surface area contributed by atoms with Crippen molar-refractivity contribution < 1.29 is 4.79 Å². The quantitative estimate of drug-likeness (QED) is 0.810. The molecule has 0 bridgehead atoms. The van der Waals surface area contributed by atoms with Crippen molar-refractivity contribution in [3.05, 3.63) is 41.7 Å². The number of amides is 1. The van der Waals surface area contributed by atoms with Crippen LogP contribution in [0.3, 0.4) is 0 Å². The summed E-state index contributed by atoms with van der Waals surface area (Å²) < 4.78 is 0. The second-order valence-corrected chi connectivity index (χ2v) is 7.30. The molecule has 1 amide bonds. The maximum absolute atomic E-state index is 12.6. The maximum atomic E-state index is 12.6. The Bertz CT molecular complexity index is 778. The Morgan fingerprint density at radius 2 is 1.71 bits per heavy atom. The zero-order valence-electron chi connectivity index (χ0n) is 17.2. The van der Waals surface area contributed by atoms with Gasteiger partial charge < -0.3 is 15.1 Å². The molecule has 1 aliphatic rings. The molecule has 150 valence electrons. The molecule has 3 rings (SSSR count). The number of anilines is 3. The number of rotatable bonds is 6. The first-order chi connectivity index (χ1) is 13.6. The van der Waals surface area contributed by atoms with Crippen molar-refractivity contribution in [2.75, 3.05) is 41.3 Å². The van der Waals surface area contributed by atoms with E-state index >= 15 is 0 Å². The molecule has 1 N–H and O–H groups in total. The average Bonchev–Trinajstić information content (AvgIpc) is 3.00. The molecule has 1 aliphatic heterocycles. The van der Waals surface area contributed by atoms with Crippen LogP contribution in [0.1, 0.15) is 55.5 Å². The van der Waals surface area contributed by atoms with E-state index in [2.05, 4.69) is 51.1 Å². The highest BCUT2D eigenvalue weighted by atomic mass is 16.1. The van der Waals surface area contributed by atoms with Gasteiger partial charge >= 0.3 is 0 Å². The Morgan fingerprint density at radius 3 is 2.29 bits per heavy atom. The topological polar surface area (TPSA) is 61.4 Å². The molecule has 28 heavy (non-hydrogen) atoms. The molecule has 0 spiro atoms. The molecule has 0 unspecified atom stereocenters. The summed E-state index contributed by atoms with van der Waals surface area (Å²) in [7, 11) is 0. The zero-order chi connectivity index (χ0) is 19.9. The van der Waals surface area contributed by atoms with Gasteiger partial charge in [-0.2, -0.15) is 0 Å². The van der Waals surface area contributed by atoms with Crippen LogP contribution >= 0.6 is 0 Å². The minimum Gasteiger partial charge on any atom is -0.372 e. The smallest absolute Gasteiger partial charge is 0.258 e. The molecule has 2 aromatic rings. The SMILES string of the molecule is CCN(CC)c1ccc(NC(=O)c2cnc(N3CCCCCC3)nc2)c(C)c1. The van der Waals surface area contributed by atoms with E-state index in [1.807, 2.05) is 13.0 Å². The molecule has 2 heterocycles. The third-order valence-corrected chi connectivity index (χ3v) is 5.38. The third-order valence-electron chi connectivity index (χ3n) is 5.38. The van der Waals surface area contributed by atoms with Gasteiger partial charge in [-0.15, -0.1) is 0 Å². The van der Waals surface area contributed by atoms with Crippen LogP contribution in [-0.4, -0.2) is 42.1 Å². The Hall–Kier alpha value is -2.63. The van der Waals surface area contributed by atoms with Crippen molar-refractivity contribution in [1.29, 1.82) is 0 Å². The molecule has 1 saturated heterocycles. The molecule has 1 aromatic carbocycles. The number of benzene rings is 1. The molecule has 1 aromatic heterocycles. The molecule has 0 radical (unpaired) electrons. The Kier molecular flexibility index (Phi) is 6.85. The second kappa shape index (κ2) is 9.53. The lowest BCUT2D eigenvalue weighted by atomic mass is 10.1. The largest absolute Gasteiger partial charge is 0.372 e. The van der Waals surface area contributed by atoms with Crippen LogP contribution in [0.15, 0.2) is 30.6 Å². The van der Waals surface area contributed by atoms with Crippen LogP contribution in [-0.2, 0) is 0 Å². The van der Waals surface area contributed by atoms with Crippen LogP contribution < -0.4 is 15.1 Å². The third kappa shape index (κ3) is 4.80. The molecular weight excluding hydrogens is 350 g/mol. The van der Waals surface area contributed by atoms with E-state index in [9.17, 15) is 4.79 Å². The summed E-state index contributed by atoms with van der Waals surface area (Å²) in [6.45, 7) is 10.2. The second-order valence-electron chi connectivity index (χ2n) is 7.30. The van der Waals surface area contributed by atoms with E-state index in [4.69, 9.17) is 0 Å². The summed E-state index contributed by atoms with van der Waals surface area (Å²) >= 11 is 0. The highest BCUT2D eigenvalue weighted by Gasteiger charge is 2.14. The Labute approximate surface area is 168 Å². The normalized spacial score (nSPS) is 14.5. The van der Waals surface area contributed by atoms with Gasteiger partial charge in [0, 0.05) is 49.9 Å². The molecule has 0 saturated carbocycles. The van der Waals surface area contributed by atoms with Crippen LogP contribution in [0.5, 0.6) is 0 Å². The summed E-state index contributed by atoms with van der Waals surface area (Å²) in [5, 5.41) is 2.99. The van der Waals surface area contributed by atoms with Crippen molar-refractivity contribution >= 4 is 23.2 Å². The first kappa shape index (κ1) is 20.1. The lowest BCUT2D eigenvalue weighted by Gasteiger charge is -2.22. The molecule has 0 atom stereocenters. The van der Waals surface area contributed by atoms with E-state index in [1.54, 1.807) is 12.4 Å². The lowest BCUT2D eigenvalue weighted by Crippen LogP contribution is -2.26. The van der Waals surface area contributed by atoms with Crippen molar-refractivity contribution in [2.45, 2.75) is 46.5 Å². The van der Waals surface area contributed by atoms with Gasteiger partial charge in [-0.3, -0.25) is 4.79 Å². The predicted octanol–water partition coefficient (Wildman–Crippen LogP) is 4.26. The minimum atomic E-state index is -0.180. The fourth-order valence-electron chi connectivity index (χ4n) is 3.64. The monoisotopic (exact) mass is 381 g/mol. The summed E-state index contributed by atoms with van der Waals surface area (Å²) in [4.78, 5) is 26.0. The molecule has 0 aliphatic carbocycles.